The zero-order valence-corrected chi connectivity index (χ0v) is 14.8. The van der Waals surface area contributed by atoms with Gasteiger partial charge in [-0.2, -0.15) is 0 Å². The van der Waals surface area contributed by atoms with Crippen LogP contribution in [0.1, 0.15) is 17.5 Å². The summed E-state index contributed by atoms with van der Waals surface area (Å²) >= 11 is 0. The van der Waals surface area contributed by atoms with Gasteiger partial charge in [-0.3, -0.25) is 9.59 Å². The van der Waals surface area contributed by atoms with Gasteiger partial charge in [0.05, 0.1) is 13.0 Å². The fourth-order valence-electron chi connectivity index (χ4n) is 3.06. The van der Waals surface area contributed by atoms with E-state index in [1.54, 1.807) is 26.2 Å². The second-order valence-electron chi connectivity index (χ2n) is 6.37. The predicted molar refractivity (Wildman–Crippen MR) is 96.4 cm³/mol. The first kappa shape index (κ1) is 17.9. The van der Waals surface area contributed by atoms with Crippen molar-refractivity contribution in [1.82, 2.24) is 5.32 Å². The Morgan fingerprint density at radius 1 is 1.31 bits per heavy atom. The molecule has 1 unspecified atom stereocenters. The number of ether oxygens (including phenoxy) is 1. The number of hydrogen-bond acceptors (Lipinski definition) is 3. The summed E-state index contributed by atoms with van der Waals surface area (Å²) < 4.78 is 19.0. The third-order valence-electron chi connectivity index (χ3n) is 4.61. The number of methoxy groups -OCH3 is 1. The molecule has 0 aliphatic carbocycles. The molecule has 136 valence electrons. The standard InChI is InChI=1S/C20H21FN2O3/c1-13-7-8-16(10-17(13)21)23-12-15(9-19(23)24)20(25)22-11-14-5-3-4-6-18(14)26-2/h3-8,10,15H,9,11-12H2,1-2H3,(H,22,25). The highest BCUT2D eigenvalue weighted by molar-refractivity contribution is 6.00. The fraction of sp³-hybridized carbons (Fsp3) is 0.300. The van der Waals surface area contributed by atoms with Gasteiger partial charge in [0.2, 0.25) is 11.8 Å². The molecule has 1 N–H and O–H groups in total. The second kappa shape index (κ2) is 7.56. The molecule has 3 rings (SSSR count). The van der Waals surface area contributed by atoms with E-state index in [1.165, 1.54) is 11.0 Å². The minimum atomic E-state index is -0.457. The first-order valence-electron chi connectivity index (χ1n) is 8.45. The quantitative estimate of drug-likeness (QED) is 0.896. The van der Waals surface area contributed by atoms with Crippen LogP contribution in [0.4, 0.5) is 10.1 Å². The van der Waals surface area contributed by atoms with Crippen LogP contribution in [0.2, 0.25) is 0 Å². The highest BCUT2D eigenvalue weighted by Crippen LogP contribution is 2.27. The van der Waals surface area contributed by atoms with Gasteiger partial charge in [-0.15, -0.1) is 0 Å². The minimum Gasteiger partial charge on any atom is -0.496 e. The number of halogens is 1. The van der Waals surface area contributed by atoms with Crippen LogP contribution in [0, 0.1) is 18.7 Å². The molecule has 1 aliphatic rings. The Morgan fingerprint density at radius 3 is 2.81 bits per heavy atom. The summed E-state index contributed by atoms with van der Waals surface area (Å²) in [5, 5.41) is 2.86. The first-order valence-corrected chi connectivity index (χ1v) is 8.45. The number of carbonyl (C=O) groups is 2. The number of benzene rings is 2. The molecule has 5 nitrogen and oxygen atoms in total. The summed E-state index contributed by atoms with van der Waals surface area (Å²) in [6.45, 7) is 2.24. The number of rotatable bonds is 5. The van der Waals surface area contributed by atoms with Crippen molar-refractivity contribution in [2.24, 2.45) is 5.92 Å². The van der Waals surface area contributed by atoms with Gasteiger partial charge in [0, 0.05) is 30.8 Å². The smallest absolute Gasteiger partial charge is 0.227 e. The zero-order chi connectivity index (χ0) is 18.7. The van der Waals surface area contributed by atoms with Crippen LogP contribution in [-0.2, 0) is 16.1 Å². The van der Waals surface area contributed by atoms with Gasteiger partial charge in [-0.1, -0.05) is 24.3 Å². The van der Waals surface area contributed by atoms with Gasteiger partial charge in [-0.05, 0) is 30.7 Å². The van der Waals surface area contributed by atoms with Crippen molar-refractivity contribution in [1.29, 1.82) is 0 Å². The molecule has 1 heterocycles. The van der Waals surface area contributed by atoms with E-state index in [0.29, 0.717) is 23.5 Å². The van der Waals surface area contributed by atoms with Crippen LogP contribution in [0.5, 0.6) is 5.75 Å². The summed E-state index contributed by atoms with van der Waals surface area (Å²) in [6, 6.07) is 12.1. The third kappa shape index (κ3) is 3.69. The van der Waals surface area contributed by atoms with Crippen LogP contribution in [0.25, 0.3) is 0 Å². The summed E-state index contributed by atoms with van der Waals surface area (Å²) in [5.74, 6) is -0.488. The van der Waals surface area contributed by atoms with Crippen molar-refractivity contribution >= 4 is 17.5 Å². The van der Waals surface area contributed by atoms with Gasteiger partial charge >= 0.3 is 0 Å². The number of aryl methyl sites for hydroxylation is 1. The van der Waals surface area contributed by atoms with E-state index in [2.05, 4.69) is 5.32 Å². The lowest BCUT2D eigenvalue weighted by Crippen LogP contribution is -2.32. The number of nitrogens with one attached hydrogen (secondary N) is 1. The molecule has 26 heavy (non-hydrogen) atoms. The molecule has 1 aliphatic heterocycles. The van der Waals surface area contributed by atoms with Crippen molar-refractivity contribution in [3.63, 3.8) is 0 Å². The van der Waals surface area contributed by atoms with E-state index in [-0.39, 0.29) is 30.6 Å². The van der Waals surface area contributed by atoms with Gasteiger partial charge < -0.3 is 15.0 Å². The van der Waals surface area contributed by atoms with Crippen molar-refractivity contribution < 1.29 is 18.7 Å². The maximum Gasteiger partial charge on any atom is 0.227 e. The van der Waals surface area contributed by atoms with Gasteiger partial charge in [0.1, 0.15) is 11.6 Å². The third-order valence-corrected chi connectivity index (χ3v) is 4.61. The fourth-order valence-corrected chi connectivity index (χ4v) is 3.06. The molecule has 0 saturated carbocycles. The second-order valence-corrected chi connectivity index (χ2v) is 6.37. The molecule has 1 atom stereocenters. The average Bonchev–Trinajstić information content (AvgIpc) is 3.04. The highest BCUT2D eigenvalue weighted by atomic mass is 19.1. The van der Waals surface area contributed by atoms with Crippen LogP contribution >= 0.6 is 0 Å². The minimum absolute atomic E-state index is 0.118. The van der Waals surface area contributed by atoms with Crippen LogP contribution in [-0.4, -0.2) is 25.5 Å². The Bertz CT molecular complexity index is 838. The van der Waals surface area contributed by atoms with Crippen molar-refractivity contribution in [3.8, 4) is 5.75 Å². The maximum atomic E-state index is 13.8. The van der Waals surface area contributed by atoms with E-state index in [0.717, 1.165) is 5.56 Å². The van der Waals surface area contributed by atoms with Gasteiger partial charge in [0.15, 0.2) is 0 Å². The summed E-state index contributed by atoms with van der Waals surface area (Å²) in [5.41, 5.74) is 1.87. The van der Waals surface area contributed by atoms with E-state index in [4.69, 9.17) is 4.74 Å². The lowest BCUT2D eigenvalue weighted by atomic mass is 10.1. The monoisotopic (exact) mass is 356 g/mol. The largest absolute Gasteiger partial charge is 0.496 e. The van der Waals surface area contributed by atoms with Crippen molar-refractivity contribution in [2.75, 3.05) is 18.6 Å². The maximum absolute atomic E-state index is 13.8. The molecule has 2 aromatic rings. The number of hydrogen-bond donors (Lipinski definition) is 1. The van der Waals surface area contributed by atoms with E-state index in [9.17, 15) is 14.0 Å². The summed E-state index contributed by atoms with van der Waals surface area (Å²) in [6.07, 6.45) is 0.118. The Labute approximate surface area is 151 Å². The van der Waals surface area contributed by atoms with E-state index < -0.39 is 5.92 Å². The van der Waals surface area contributed by atoms with Gasteiger partial charge in [-0.25, -0.2) is 4.39 Å². The Hall–Kier alpha value is -2.89. The van der Waals surface area contributed by atoms with Crippen molar-refractivity contribution in [2.45, 2.75) is 19.9 Å². The number of para-hydroxylation sites is 1. The number of amides is 2. The van der Waals surface area contributed by atoms with Crippen molar-refractivity contribution in [3.05, 3.63) is 59.4 Å². The first-order chi connectivity index (χ1) is 12.5. The Balaban J connectivity index is 1.64. The molecule has 2 amide bonds. The molecule has 1 fully saturated rings. The normalized spacial score (nSPS) is 16.7. The molecule has 0 aromatic heterocycles. The molecule has 0 spiro atoms. The summed E-state index contributed by atoms with van der Waals surface area (Å²) in [7, 11) is 1.58. The number of nitrogens with zero attached hydrogens (tertiary/aromatic N) is 1. The average molecular weight is 356 g/mol. The number of anilines is 1. The lowest BCUT2D eigenvalue weighted by Gasteiger charge is -2.17. The molecule has 2 aromatic carbocycles. The molecule has 1 saturated heterocycles. The molecule has 0 bridgehead atoms. The van der Waals surface area contributed by atoms with E-state index >= 15 is 0 Å². The lowest BCUT2D eigenvalue weighted by molar-refractivity contribution is -0.126. The number of carbonyl (C=O) groups excluding carboxylic acids is 2. The molecular formula is C20H21FN2O3. The Kier molecular flexibility index (Phi) is 5.21. The van der Waals surface area contributed by atoms with Crippen LogP contribution in [0.15, 0.2) is 42.5 Å². The van der Waals surface area contributed by atoms with Crippen LogP contribution in [0.3, 0.4) is 0 Å². The Morgan fingerprint density at radius 2 is 2.08 bits per heavy atom. The predicted octanol–water partition coefficient (Wildman–Crippen LogP) is 2.81. The molecule has 6 heteroatoms. The zero-order valence-electron chi connectivity index (χ0n) is 14.8. The molecular weight excluding hydrogens is 335 g/mol. The molecule has 0 radical (unpaired) electrons. The van der Waals surface area contributed by atoms with Crippen LogP contribution < -0.4 is 15.0 Å². The van der Waals surface area contributed by atoms with E-state index in [1.807, 2.05) is 24.3 Å². The topological polar surface area (TPSA) is 58.6 Å². The highest BCUT2D eigenvalue weighted by Gasteiger charge is 2.35. The van der Waals surface area contributed by atoms with Gasteiger partial charge in [0.25, 0.3) is 0 Å². The summed E-state index contributed by atoms with van der Waals surface area (Å²) in [4.78, 5) is 26.2. The SMILES string of the molecule is COc1ccccc1CNC(=O)C1CC(=O)N(c2ccc(C)c(F)c2)C1.